The second-order valence-electron chi connectivity index (χ2n) is 7.11. The minimum atomic E-state index is -0.668. The zero-order valence-electron chi connectivity index (χ0n) is 15.3. The van der Waals surface area contributed by atoms with Crippen LogP contribution in [0.3, 0.4) is 0 Å². The Kier molecular flexibility index (Phi) is 4.81. The zero-order valence-corrected chi connectivity index (χ0v) is 15.3. The first-order chi connectivity index (χ1) is 13.1. The van der Waals surface area contributed by atoms with Crippen LogP contribution in [0, 0.1) is 5.92 Å². The average molecular weight is 365 g/mol. The number of nitrogens with one attached hydrogen (secondary N) is 1. The van der Waals surface area contributed by atoms with Gasteiger partial charge in [-0.25, -0.2) is 0 Å². The number of ether oxygens (including phenoxy) is 1. The second-order valence-corrected chi connectivity index (χ2v) is 7.11. The summed E-state index contributed by atoms with van der Waals surface area (Å²) in [7, 11) is 1.71. The number of anilines is 1. The first-order valence-corrected chi connectivity index (χ1v) is 9.18. The Bertz CT molecular complexity index is 834. The van der Waals surface area contributed by atoms with Gasteiger partial charge in [0, 0.05) is 26.7 Å². The molecule has 1 unspecified atom stereocenters. The van der Waals surface area contributed by atoms with E-state index in [0.29, 0.717) is 18.8 Å². The van der Waals surface area contributed by atoms with Crippen LogP contribution in [0.1, 0.15) is 5.56 Å². The fourth-order valence-corrected chi connectivity index (χ4v) is 3.55. The number of nitrogens with zero attached hydrogens (tertiary/aromatic N) is 2. The van der Waals surface area contributed by atoms with E-state index in [1.165, 1.54) is 5.56 Å². The molecule has 0 saturated carbocycles. The molecule has 0 aliphatic carbocycles. The van der Waals surface area contributed by atoms with E-state index in [9.17, 15) is 9.59 Å². The fraction of sp³-hybridized carbons (Fsp3) is 0.333. The number of rotatable bonds is 4. The molecule has 0 bridgehead atoms. The van der Waals surface area contributed by atoms with Crippen molar-refractivity contribution in [2.24, 2.45) is 5.92 Å². The number of carbonyl (C=O) groups is 2. The Morgan fingerprint density at radius 1 is 1.11 bits per heavy atom. The van der Waals surface area contributed by atoms with Crippen molar-refractivity contribution in [3.63, 3.8) is 0 Å². The quantitative estimate of drug-likeness (QED) is 0.895. The number of amides is 2. The summed E-state index contributed by atoms with van der Waals surface area (Å²) in [5.74, 6) is 0.328. The van der Waals surface area contributed by atoms with Gasteiger partial charge in [-0.2, -0.15) is 0 Å². The van der Waals surface area contributed by atoms with Crippen LogP contribution < -0.4 is 15.0 Å². The zero-order chi connectivity index (χ0) is 18.8. The van der Waals surface area contributed by atoms with Crippen LogP contribution in [-0.2, 0) is 16.1 Å². The van der Waals surface area contributed by atoms with Gasteiger partial charge in [-0.05, 0) is 17.7 Å². The van der Waals surface area contributed by atoms with Crippen molar-refractivity contribution in [1.82, 2.24) is 10.2 Å². The molecule has 2 aliphatic rings. The van der Waals surface area contributed by atoms with Crippen LogP contribution in [-0.4, -0.2) is 49.5 Å². The molecule has 1 saturated heterocycles. The lowest BCUT2D eigenvalue weighted by molar-refractivity contribution is -0.134. The molecular weight excluding hydrogens is 342 g/mol. The normalized spacial score (nSPS) is 20.3. The SMILES string of the molecule is CN1C(=O)C(NC(=O)C2CN(Cc3ccccc3)C2)COc2ccccc21. The van der Waals surface area contributed by atoms with Crippen LogP contribution in [0.25, 0.3) is 0 Å². The molecule has 2 aromatic carbocycles. The van der Waals surface area contributed by atoms with Crippen LogP contribution in [0.5, 0.6) is 5.75 Å². The number of likely N-dealkylation sites (N-methyl/N-ethyl adjacent to an activating group) is 1. The minimum Gasteiger partial charge on any atom is -0.489 e. The number of hydrogen-bond acceptors (Lipinski definition) is 4. The van der Waals surface area contributed by atoms with E-state index in [0.717, 1.165) is 12.2 Å². The van der Waals surface area contributed by atoms with Gasteiger partial charge in [-0.1, -0.05) is 42.5 Å². The Labute approximate surface area is 158 Å². The third-order valence-electron chi connectivity index (χ3n) is 5.15. The van der Waals surface area contributed by atoms with Gasteiger partial charge in [-0.15, -0.1) is 0 Å². The van der Waals surface area contributed by atoms with Crippen LogP contribution >= 0.6 is 0 Å². The third kappa shape index (κ3) is 3.66. The molecule has 2 aliphatic heterocycles. The van der Waals surface area contributed by atoms with E-state index in [-0.39, 0.29) is 24.3 Å². The van der Waals surface area contributed by atoms with Crippen LogP contribution in [0.2, 0.25) is 0 Å². The van der Waals surface area contributed by atoms with E-state index < -0.39 is 6.04 Å². The lowest BCUT2D eigenvalue weighted by Crippen LogP contribution is -2.57. The van der Waals surface area contributed by atoms with Gasteiger partial charge in [-0.3, -0.25) is 14.5 Å². The van der Waals surface area contributed by atoms with Gasteiger partial charge in [0.2, 0.25) is 5.91 Å². The van der Waals surface area contributed by atoms with Gasteiger partial charge >= 0.3 is 0 Å². The van der Waals surface area contributed by atoms with Crippen molar-refractivity contribution in [3.8, 4) is 5.75 Å². The number of carbonyl (C=O) groups excluding carboxylic acids is 2. The molecule has 2 aromatic rings. The Balaban J connectivity index is 1.32. The van der Waals surface area contributed by atoms with Gasteiger partial charge in [0.05, 0.1) is 11.6 Å². The number of likely N-dealkylation sites (tertiary alicyclic amines) is 1. The summed E-state index contributed by atoms with van der Waals surface area (Å²) < 4.78 is 5.75. The number of para-hydroxylation sites is 2. The minimum absolute atomic E-state index is 0.0828. The molecule has 0 radical (unpaired) electrons. The van der Waals surface area contributed by atoms with E-state index in [2.05, 4.69) is 22.3 Å². The first-order valence-electron chi connectivity index (χ1n) is 9.18. The van der Waals surface area contributed by atoms with Crippen LogP contribution in [0.4, 0.5) is 5.69 Å². The summed E-state index contributed by atoms with van der Waals surface area (Å²) in [6.07, 6.45) is 0. The molecule has 1 atom stereocenters. The smallest absolute Gasteiger partial charge is 0.252 e. The highest BCUT2D eigenvalue weighted by molar-refractivity contribution is 6.00. The molecule has 6 nitrogen and oxygen atoms in total. The summed E-state index contributed by atoms with van der Waals surface area (Å²) in [6, 6.07) is 16.9. The lowest BCUT2D eigenvalue weighted by atomic mass is 9.97. The number of fused-ring (bicyclic) bond motifs is 1. The maximum Gasteiger partial charge on any atom is 0.252 e. The molecule has 140 valence electrons. The number of benzene rings is 2. The van der Waals surface area contributed by atoms with Gasteiger partial charge < -0.3 is 15.0 Å². The Morgan fingerprint density at radius 2 is 1.81 bits per heavy atom. The van der Waals surface area contributed by atoms with E-state index in [1.807, 2.05) is 42.5 Å². The van der Waals surface area contributed by atoms with Crippen molar-refractivity contribution in [1.29, 1.82) is 0 Å². The van der Waals surface area contributed by atoms with E-state index in [1.54, 1.807) is 11.9 Å². The highest BCUT2D eigenvalue weighted by Gasteiger charge is 2.36. The predicted molar refractivity (Wildman–Crippen MR) is 102 cm³/mol. The second kappa shape index (κ2) is 7.40. The molecule has 1 N–H and O–H groups in total. The number of hydrogen-bond donors (Lipinski definition) is 1. The monoisotopic (exact) mass is 365 g/mol. The molecule has 6 heteroatoms. The average Bonchev–Trinajstić information content (AvgIpc) is 2.77. The highest BCUT2D eigenvalue weighted by atomic mass is 16.5. The topological polar surface area (TPSA) is 61.9 Å². The molecule has 27 heavy (non-hydrogen) atoms. The summed E-state index contributed by atoms with van der Waals surface area (Å²) in [5, 5.41) is 2.88. The van der Waals surface area contributed by atoms with Crippen LogP contribution in [0.15, 0.2) is 54.6 Å². The Morgan fingerprint density at radius 3 is 2.59 bits per heavy atom. The summed E-state index contributed by atoms with van der Waals surface area (Å²) in [6.45, 7) is 2.40. The molecule has 0 aromatic heterocycles. The van der Waals surface area contributed by atoms with Crippen molar-refractivity contribution < 1.29 is 14.3 Å². The lowest BCUT2D eigenvalue weighted by Gasteiger charge is -2.38. The van der Waals surface area contributed by atoms with Crippen molar-refractivity contribution in [3.05, 3.63) is 60.2 Å². The van der Waals surface area contributed by atoms with Gasteiger partial charge in [0.15, 0.2) is 0 Å². The first kappa shape index (κ1) is 17.5. The van der Waals surface area contributed by atoms with Gasteiger partial charge in [0.1, 0.15) is 18.4 Å². The van der Waals surface area contributed by atoms with Crippen molar-refractivity contribution >= 4 is 17.5 Å². The maximum absolute atomic E-state index is 12.7. The molecule has 0 spiro atoms. The van der Waals surface area contributed by atoms with E-state index >= 15 is 0 Å². The maximum atomic E-state index is 12.7. The molecule has 2 heterocycles. The van der Waals surface area contributed by atoms with Crippen molar-refractivity contribution in [2.45, 2.75) is 12.6 Å². The molecule has 4 rings (SSSR count). The fourth-order valence-electron chi connectivity index (χ4n) is 3.55. The van der Waals surface area contributed by atoms with Gasteiger partial charge in [0.25, 0.3) is 5.91 Å². The standard InChI is InChI=1S/C21H23N3O3/c1-23-18-9-5-6-10-19(18)27-14-17(21(23)26)22-20(25)16-12-24(13-16)11-15-7-3-2-4-8-15/h2-10,16-17H,11-14H2,1H3,(H,22,25). The summed E-state index contributed by atoms with van der Waals surface area (Å²) in [5.41, 5.74) is 1.96. The molecule has 2 amide bonds. The van der Waals surface area contributed by atoms with Crippen molar-refractivity contribution in [2.75, 3.05) is 31.6 Å². The summed E-state index contributed by atoms with van der Waals surface area (Å²) >= 11 is 0. The highest BCUT2D eigenvalue weighted by Crippen LogP contribution is 2.30. The molecular formula is C21H23N3O3. The summed E-state index contributed by atoms with van der Waals surface area (Å²) in [4.78, 5) is 29.0. The van der Waals surface area contributed by atoms with E-state index in [4.69, 9.17) is 4.74 Å². The predicted octanol–water partition coefficient (Wildman–Crippen LogP) is 1.66. The third-order valence-corrected chi connectivity index (χ3v) is 5.15. The molecule has 1 fully saturated rings. The largest absolute Gasteiger partial charge is 0.489 e. The Hall–Kier alpha value is -2.86.